The molecule has 8 heteroatoms. The number of hydrogen-bond donors (Lipinski definition) is 0. The summed E-state index contributed by atoms with van der Waals surface area (Å²) in [6, 6.07) is 7.12. The number of hydrogen-bond acceptors (Lipinski definition) is 6. The highest BCUT2D eigenvalue weighted by Crippen LogP contribution is 2.38. The van der Waals surface area contributed by atoms with Crippen LogP contribution in [0.4, 0.5) is 5.69 Å². The Kier molecular flexibility index (Phi) is 5.79. The summed E-state index contributed by atoms with van der Waals surface area (Å²) in [5.74, 6) is 0.988. The number of amides is 1. The van der Waals surface area contributed by atoms with Crippen LogP contribution in [0, 0.1) is 24.0 Å². The zero-order valence-corrected chi connectivity index (χ0v) is 18.5. The first kappa shape index (κ1) is 20.8. The van der Waals surface area contributed by atoms with E-state index in [1.165, 1.54) is 24.2 Å². The molecule has 1 aromatic carbocycles. The van der Waals surface area contributed by atoms with Crippen LogP contribution < -0.4 is 0 Å². The Bertz CT molecular complexity index is 1070. The summed E-state index contributed by atoms with van der Waals surface area (Å²) >= 11 is 6.78. The van der Waals surface area contributed by atoms with E-state index in [-0.39, 0.29) is 22.6 Å². The molecule has 1 aliphatic heterocycles. The number of benzene rings is 1. The summed E-state index contributed by atoms with van der Waals surface area (Å²) in [4.78, 5) is 26.2. The molecule has 6 nitrogen and oxygen atoms in total. The van der Waals surface area contributed by atoms with E-state index in [9.17, 15) is 14.9 Å². The van der Waals surface area contributed by atoms with Crippen LogP contribution >= 0.6 is 24.0 Å². The van der Waals surface area contributed by atoms with Crippen LogP contribution in [0.3, 0.4) is 0 Å². The number of furan rings is 1. The molecule has 30 heavy (non-hydrogen) atoms. The molecule has 0 atom stereocenters. The van der Waals surface area contributed by atoms with Crippen LogP contribution in [-0.4, -0.2) is 26.1 Å². The lowest BCUT2D eigenvalue weighted by molar-refractivity contribution is -0.385. The maximum atomic E-state index is 12.9. The van der Waals surface area contributed by atoms with E-state index in [0.717, 1.165) is 31.2 Å². The standard InChI is InChI=1S/C22H22N2O4S2/c1-13-10-15(11-18(14(13)2)24(26)27)19-9-8-17(28-19)12-20-21(25)23(22(29)30-20)16-6-4-3-5-7-16/h8-12,16H,3-7H2,1-2H3/b20-12-. The smallest absolute Gasteiger partial charge is 0.273 e. The number of carbonyl (C=O) groups is 1. The Morgan fingerprint density at radius 2 is 1.97 bits per heavy atom. The van der Waals surface area contributed by atoms with E-state index in [0.29, 0.717) is 31.9 Å². The van der Waals surface area contributed by atoms with E-state index in [2.05, 4.69) is 0 Å². The zero-order valence-electron chi connectivity index (χ0n) is 16.8. The fraction of sp³-hybridized carbons (Fsp3) is 0.364. The number of aryl methyl sites for hydroxylation is 1. The van der Waals surface area contributed by atoms with Gasteiger partial charge in [0.15, 0.2) is 0 Å². The van der Waals surface area contributed by atoms with Gasteiger partial charge in [-0.1, -0.05) is 43.2 Å². The highest BCUT2D eigenvalue weighted by Gasteiger charge is 2.37. The van der Waals surface area contributed by atoms with Crippen LogP contribution in [0.25, 0.3) is 17.4 Å². The third kappa shape index (κ3) is 3.94. The predicted molar refractivity (Wildman–Crippen MR) is 122 cm³/mol. The van der Waals surface area contributed by atoms with Crippen LogP contribution in [0.2, 0.25) is 0 Å². The van der Waals surface area contributed by atoms with E-state index < -0.39 is 0 Å². The van der Waals surface area contributed by atoms with Crippen molar-refractivity contribution in [3.05, 3.63) is 56.2 Å². The minimum absolute atomic E-state index is 0.0586. The number of nitro benzene ring substituents is 1. The minimum atomic E-state index is -0.383. The second-order valence-corrected chi connectivity index (χ2v) is 9.42. The summed E-state index contributed by atoms with van der Waals surface area (Å²) in [6.07, 6.45) is 7.18. The zero-order chi connectivity index (χ0) is 21.4. The van der Waals surface area contributed by atoms with Crippen LogP contribution in [0.5, 0.6) is 0 Å². The summed E-state index contributed by atoms with van der Waals surface area (Å²) in [6.45, 7) is 3.57. The van der Waals surface area contributed by atoms with Crippen LogP contribution in [-0.2, 0) is 4.79 Å². The van der Waals surface area contributed by atoms with Gasteiger partial charge in [0.05, 0.1) is 9.83 Å². The molecule has 1 saturated heterocycles. The van der Waals surface area contributed by atoms with Gasteiger partial charge in [0.1, 0.15) is 15.8 Å². The van der Waals surface area contributed by atoms with Gasteiger partial charge in [-0.05, 0) is 50.5 Å². The second kappa shape index (κ2) is 8.35. The van der Waals surface area contributed by atoms with Gasteiger partial charge in [-0.15, -0.1) is 0 Å². The molecule has 2 fully saturated rings. The predicted octanol–water partition coefficient (Wildman–Crippen LogP) is 6.01. The van der Waals surface area contributed by atoms with Crippen molar-refractivity contribution < 1.29 is 14.1 Å². The van der Waals surface area contributed by atoms with Gasteiger partial charge in [-0.2, -0.15) is 0 Å². The third-order valence-electron chi connectivity index (χ3n) is 5.78. The first-order chi connectivity index (χ1) is 14.3. The molecule has 0 unspecified atom stereocenters. The fourth-order valence-corrected chi connectivity index (χ4v) is 5.40. The maximum Gasteiger partial charge on any atom is 0.273 e. The van der Waals surface area contributed by atoms with Crippen molar-refractivity contribution >= 4 is 46.0 Å². The molecule has 1 saturated carbocycles. The Morgan fingerprint density at radius 1 is 1.23 bits per heavy atom. The van der Waals surface area contributed by atoms with E-state index in [1.807, 2.05) is 13.0 Å². The largest absolute Gasteiger partial charge is 0.457 e. The highest BCUT2D eigenvalue weighted by molar-refractivity contribution is 8.26. The maximum absolute atomic E-state index is 12.9. The Balaban J connectivity index is 1.59. The molecule has 2 heterocycles. The van der Waals surface area contributed by atoms with Crippen molar-refractivity contribution in [2.24, 2.45) is 0 Å². The highest BCUT2D eigenvalue weighted by atomic mass is 32.2. The molecular formula is C22H22N2O4S2. The monoisotopic (exact) mass is 442 g/mol. The lowest BCUT2D eigenvalue weighted by Crippen LogP contribution is -2.39. The summed E-state index contributed by atoms with van der Waals surface area (Å²) < 4.78 is 6.51. The lowest BCUT2D eigenvalue weighted by Gasteiger charge is -2.29. The molecule has 1 aliphatic carbocycles. The van der Waals surface area contributed by atoms with Crippen molar-refractivity contribution in [3.8, 4) is 11.3 Å². The molecule has 2 aromatic rings. The Hall–Kier alpha value is -2.45. The van der Waals surface area contributed by atoms with Crippen molar-refractivity contribution in [2.45, 2.75) is 52.0 Å². The first-order valence-corrected chi connectivity index (χ1v) is 11.2. The number of nitrogens with zero attached hydrogens (tertiary/aromatic N) is 2. The van der Waals surface area contributed by atoms with Gasteiger partial charge in [0, 0.05) is 29.3 Å². The SMILES string of the molecule is Cc1cc(-c2ccc(/C=C3\SC(=S)N(C4CCCCC4)C3=O)o2)cc([N+](=O)[O-])c1C. The molecule has 0 spiro atoms. The van der Waals surface area contributed by atoms with Gasteiger partial charge in [0.25, 0.3) is 11.6 Å². The molecular weight excluding hydrogens is 420 g/mol. The molecule has 1 aromatic heterocycles. The normalized spacial score (nSPS) is 19.1. The molecule has 0 bridgehead atoms. The molecule has 156 valence electrons. The van der Waals surface area contributed by atoms with E-state index in [4.69, 9.17) is 16.6 Å². The van der Waals surface area contributed by atoms with Crippen LogP contribution in [0.1, 0.15) is 49.0 Å². The summed E-state index contributed by atoms with van der Waals surface area (Å²) in [7, 11) is 0. The number of thiocarbonyl (C=S) groups is 1. The van der Waals surface area contributed by atoms with Crippen LogP contribution in [0.15, 0.2) is 33.6 Å². The average molecular weight is 443 g/mol. The summed E-state index contributed by atoms with van der Waals surface area (Å²) in [5.41, 5.74) is 2.17. The summed E-state index contributed by atoms with van der Waals surface area (Å²) in [5, 5.41) is 11.3. The number of rotatable bonds is 4. The Morgan fingerprint density at radius 3 is 2.67 bits per heavy atom. The molecule has 2 aliphatic rings. The minimum Gasteiger partial charge on any atom is -0.457 e. The van der Waals surface area contributed by atoms with Crippen molar-refractivity contribution in [1.82, 2.24) is 4.90 Å². The fourth-order valence-electron chi connectivity index (χ4n) is 4.02. The third-order valence-corrected chi connectivity index (χ3v) is 7.12. The van der Waals surface area contributed by atoms with Crippen molar-refractivity contribution in [1.29, 1.82) is 0 Å². The molecule has 0 N–H and O–H groups in total. The van der Waals surface area contributed by atoms with Crippen molar-refractivity contribution in [3.63, 3.8) is 0 Å². The van der Waals surface area contributed by atoms with E-state index in [1.54, 1.807) is 30.0 Å². The van der Waals surface area contributed by atoms with Gasteiger partial charge >= 0.3 is 0 Å². The number of nitro groups is 1. The topological polar surface area (TPSA) is 76.6 Å². The first-order valence-electron chi connectivity index (χ1n) is 9.98. The lowest BCUT2D eigenvalue weighted by atomic mass is 9.94. The van der Waals surface area contributed by atoms with Gasteiger partial charge in [-0.25, -0.2) is 0 Å². The van der Waals surface area contributed by atoms with Gasteiger partial charge < -0.3 is 4.42 Å². The number of carbonyl (C=O) groups excluding carboxylic acids is 1. The Labute approximate surface area is 184 Å². The molecule has 0 radical (unpaired) electrons. The number of thioether (sulfide) groups is 1. The average Bonchev–Trinajstić information content (AvgIpc) is 3.29. The molecule has 4 rings (SSSR count). The van der Waals surface area contributed by atoms with Gasteiger partial charge in [-0.3, -0.25) is 19.8 Å². The van der Waals surface area contributed by atoms with Crippen molar-refractivity contribution in [2.75, 3.05) is 0 Å². The quantitative estimate of drug-likeness (QED) is 0.250. The van der Waals surface area contributed by atoms with E-state index >= 15 is 0 Å². The molecule has 1 amide bonds. The second-order valence-electron chi connectivity index (χ2n) is 7.74. The van der Waals surface area contributed by atoms with Gasteiger partial charge in [0.2, 0.25) is 0 Å².